The third-order valence-corrected chi connectivity index (χ3v) is 2.47. The summed E-state index contributed by atoms with van der Waals surface area (Å²) in [7, 11) is 0. The van der Waals surface area contributed by atoms with Crippen molar-refractivity contribution in [2.75, 3.05) is 0 Å². The van der Waals surface area contributed by atoms with Crippen molar-refractivity contribution in [2.45, 2.75) is 33.6 Å². The molecule has 78 valence electrons. The van der Waals surface area contributed by atoms with Gasteiger partial charge in [-0.15, -0.1) is 0 Å². The molecule has 0 aliphatic heterocycles. The van der Waals surface area contributed by atoms with Gasteiger partial charge in [-0.3, -0.25) is 9.59 Å². The Kier molecular flexibility index (Phi) is 3.44. The van der Waals surface area contributed by atoms with Gasteiger partial charge in [-0.2, -0.15) is 0 Å². The SMILES string of the molecule is CC(=O)OC1=CC(=O)CC(C(C)C)C1. The number of rotatable bonds is 2. The number of ether oxygens (including phenoxy) is 1. The second kappa shape index (κ2) is 4.40. The molecule has 14 heavy (non-hydrogen) atoms. The normalized spacial score (nSPS) is 22.1. The highest BCUT2D eigenvalue weighted by molar-refractivity contribution is 5.91. The summed E-state index contributed by atoms with van der Waals surface area (Å²) in [5.74, 6) is 0.979. The lowest BCUT2D eigenvalue weighted by molar-refractivity contribution is -0.137. The molecule has 0 aromatic heterocycles. The standard InChI is InChI=1S/C11H16O3/c1-7(2)9-4-10(13)6-11(5-9)14-8(3)12/h6-7,9H,4-5H2,1-3H3. The lowest BCUT2D eigenvalue weighted by Gasteiger charge is -2.24. The largest absolute Gasteiger partial charge is 0.431 e. The van der Waals surface area contributed by atoms with Crippen LogP contribution >= 0.6 is 0 Å². The first-order chi connectivity index (χ1) is 6.49. The first-order valence-electron chi connectivity index (χ1n) is 4.91. The first-order valence-corrected chi connectivity index (χ1v) is 4.91. The van der Waals surface area contributed by atoms with Gasteiger partial charge in [-0.1, -0.05) is 13.8 Å². The monoisotopic (exact) mass is 196 g/mol. The van der Waals surface area contributed by atoms with Crippen molar-refractivity contribution in [3.05, 3.63) is 11.8 Å². The summed E-state index contributed by atoms with van der Waals surface area (Å²) in [4.78, 5) is 22.0. The molecule has 0 aromatic rings. The first kappa shape index (κ1) is 11.0. The van der Waals surface area contributed by atoms with Crippen LogP contribution in [0, 0.1) is 11.8 Å². The van der Waals surface area contributed by atoms with E-state index in [-0.39, 0.29) is 11.8 Å². The highest BCUT2D eigenvalue weighted by Crippen LogP contribution is 2.28. The Labute approximate surface area is 84.1 Å². The number of esters is 1. The van der Waals surface area contributed by atoms with Crippen molar-refractivity contribution in [1.82, 2.24) is 0 Å². The number of carbonyl (C=O) groups excluding carboxylic acids is 2. The van der Waals surface area contributed by atoms with Crippen LogP contribution < -0.4 is 0 Å². The second-order valence-corrected chi connectivity index (χ2v) is 4.08. The fraction of sp³-hybridized carbons (Fsp3) is 0.636. The van der Waals surface area contributed by atoms with E-state index in [9.17, 15) is 9.59 Å². The molecule has 0 radical (unpaired) electrons. The van der Waals surface area contributed by atoms with E-state index < -0.39 is 0 Å². The Morgan fingerprint density at radius 1 is 1.50 bits per heavy atom. The van der Waals surface area contributed by atoms with Crippen molar-refractivity contribution in [1.29, 1.82) is 0 Å². The van der Waals surface area contributed by atoms with Crippen LogP contribution in [0.5, 0.6) is 0 Å². The molecule has 1 unspecified atom stereocenters. The van der Waals surface area contributed by atoms with Gasteiger partial charge in [0.1, 0.15) is 5.76 Å². The average Bonchev–Trinajstić information content (AvgIpc) is 2.01. The maximum Gasteiger partial charge on any atom is 0.307 e. The molecule has 0 bridgehead atoms. The number of carbonyl (C=O) groups is 2. The zero-order chi connectivity index (χ0) is 10.7. The molecule has 0 amide bonds. The van der Waals surface area contributed by atoms with Gasteiger partial charge < -0.3 is 4.74 Å². The lowest BCUT2D eigenvalue weighted by atomic mass is 9.84. The highest BCUT2D eigenvalue weighted by Gasteiger charge is 2.24. The van der Waals surface area contributed by atoms with Gasteiger partial charge in [0.05, 0.1) is 0 Å². The summed E-state index contributed by atoms with van der Waals surface area (Å²) in [6, 6.07) is 0. The van der Waals surface area contributed by atoms with E-state index in [0.29, 0.717) is 30.4 Å². The maximum atomic E-state index is 11.3. The zero-order valence-corrected chi connectivity index (χ0v) is 8.87. The molecule has 0 saturated heterocycles. The minimum atomic E-state index is -0.353. The maximum absolute atomic E-state index is 11.3. The summed E-state index contributed by atoms with van der Waals surface area (Å²) < 4.78 is 4.94. The molecule has 0 saturated carbocycles. The van der Waals surface area contributed by atoms with E-state index in [1.54, 1.807) is 0 Å². The molecule has 0 N–H and O–H groups in total. The van der Waals surface area contributed by atoms with Crippen LogP contribution in [-0.4, -0.2) is 11.8 Å². The predicted molar refractivity (Wildman–Crippen MR) is 52.4 cm³/mol. The number of hydrogen-bond acceptors (Lipinski definition) is 3. The van der Waals surface area contributed by atoms with E-state index in [4.69, 9.17) is 4.74 Å². The highest BCUT2D eigenvalue weighted by atomic mass is 16.5. The van der Waals surface area contributed by atoms with E-state index in [1.807, 2.05) is 0 Å². The molecule has 1 rings (SSSR count). The molecule has 3 nitrogen and oxygen atoms in total. The van der Waals surface area contributed by atoms with Crippen molar-refractivity contribution < 1.29 is 14.3 Å². The summed E-state index contributed by atoms with van der Waals surface area (Å²) in [5.41, 5.74) is 0. The summed E-state index contributed by atoms with van der Waals surface area (Å²) >= 11 is 0. The van der Waals surface area contributed by atoms with Gasteiger partial charge >= 0.3 is 5.97 Å². The van der Waals surface area contributed by atoms with Crippen molar-refractivity contribution in [3.8, 4) is 0 Å². The smallest absolute Gasteiger partial charge is 0.307 e. The van der Waals surface area contributed by atoms with Gasteiger partial charge in [-0.25, -0.2) is 0 Å². The van der Waals surface area contributed by atoms with Crippen LogP contribution in [0.3, 0.4) is 0 Å². The predicted octanol–water partition coefficient (Wildman–Crippen LogP) is 2.07. The minimum Gasteiger partial charge on any atom is -0.431 e. The summed E-state index contributed by atoms with van der Waals surface area (Å²) in [6.07, 6.45) is 2.71. The number of ketones is 1. The molecule has 1 atom stereocenters. The van der Waals surface area contributed by atoms with Crippen LogP contribution in [-0.2, 0) is 14.3 Å². The average molecular weight is 196 g/mol. The van der Waals surface area contributed by atoms with Gasteiger partial charge in [0.2, 0.25) is 0 Å². The van der Waals surface area contributed by atoms with E-state index in [1.165, 1.54) is 13.0 Å². The Morgan fingerprint density at radius 3 is 2.64 bits per heavy atom. The third-order valence-electron chi connectivity index (χ3n) is 2.47. The molecular formula is C11H16O3. The summed E-state index contributed by atoms with van der Waals surface area (Å²) in [5, 5.41) is 0. The Morgan fingerprint density at radius 2 is 2.14 bits per heavy atom. The molecule has 1 aliphatic carbocycles. The fourth-order valence-corrected chi connectivity index (χ4v) is 1.61. The van der Waals surface area contributed by atoms with E-state index in [0.717, 1.165) is 0 Å². The minimum absolute atomic E-state index is 0.0613. The molecule has 0 heterocycles. The molecule has 3 heteroatoms. The van der Waals surface area contributed by atoms with Gasteiger partial charge in [0.25, 0.3) is 0 Å². The second-order valence-electron chi connectivity index (χ2n) is 4.08. The molecule has 0 aromatic carbocycles. The van der Waals surface area contributed by atoms with Crippen LogP contribution in [0.4, 0.5) is 0 Å². The van der Waals surface area contributed by atoms with Gasteiger partial charge in [0.15, 0.2) is 5.78 Å². The van der Waals surface area contributed by atoms with Gasteiger partial charge in [-0.05, 0) is 11.8 Å². The summed E-state index contributed by atoms with van der Waals surface area (Å²) in [6.45, 7) is 5.51. The van der Waals surface area contributed by atoms with Crippen molar-refractivity contribution in [3.63, 3.8) is 0 Å². The Balaban J connectivity index is 2.68. The van der Waals surface area contributed by atoms with E-state index >= 15 is 0 Å². The van der Waals surface area contributed by atoms with Crippen LogP contribution in [0.2, 0.25) is 0 Å². The molecule has 0 spiro atoms. The lowest BCUT2D eigenvalue weighted by Crippen LogP contribution is -2.20. The Bertz CT molecular complexity index is 276. The van der Waals surface area contributed by atoms with Crippen LogP contribution in [0.1, 0.15) is 33.6 Å². The van der Waals surface area contributed by atoms with E-state index in [2.05, 4.69) is 13.8 Å². The van der Waals surface area contributed by atoms with Gasteiger partial charge in [0, 0.05) is 25.8 Å². The quantitative estimate of drug-likeness (QED) is 0.635. The third kappa shape index (κ3) is 2.98. The van der Waals surface area contributed by atoms with Crippen molar-refractivity contribution >= 4 is 11.8 Å². The van der Waals surface area contributed by atoms with Crippen LogP contribution in [0.25, 0.3) is 0 Å². The number of allylic oxidation sites excluding steroid dienone is 2. The van der Waals surface area contributed by atoms with Crippen molar-refractivity contribution in [2.24, 2.45) is 11.8 Å². The number of hydrogen-bond donors (Lipinski definition) is 0. The molecule has 1 aliphatic rings. The van der Waals surface area contributed by atoms with Crippen LogP contribution in [0.15, 0.2) is 11.8 Å². The molecular weight excluding hydrogens is 180 g/mol. The topological polar surface area (TPSA) is 43.4 Å². The Hall–Kier alpha value is -1.12. The molecule has 0 fully saturated rings. The fourth-order valence-electron chi connectivity index (χ4n) is 1.61. The zero-order valence-electron chi connectivity index (χ0n) is 8.87.